The Bertz CT molecular complexity index is 1060. The number of benzene rings is 1. The second-order valence-corrected chi connectivity index (χ2v) is 9.81. The van der Waals surface area contributed by atoms with Crippen LogP contribution in [0, 0.1) is 5.41 Å². The summed E-state index contributed by atoms with van der Waals surface area (Å²) in [6.07, 6.45) is 12.8. The van der Waals surface area contributed by atoms with Gasteiger partial charge in [0.2, 0.25) is 5.69 Å². The van der Waals surface area contributed by atoms with Crippen molar-refractivity contribution < 1.29 is 9.90 Å². The molecule has 1 unspecified atom stereocenters. The highest BCUT2D eigenvalue weighted by Gasteiger charge is 2.76. The molecule has 3 aliphatic carbocycles. The molecule has 158 valence electrons. The standard InChI is InChI=1S/C24H29N3O3/c28-22-21(23(29)30)25-16-10-6-7-11-17(16)27(22)20-14-19-24(20)13-12-18(24)26(19)15-8-4-2-1-3-5-9-15/h6-7,10-11,15,18-20H,1-5,8-9,12-14H2,(H,29,30)/t18-,19-,20-,24?/m1/s1. The van der Waals surface area contributed by atoms with E-state index in [4.69, 9.17) is 0 Å². The van der Waals surface area contributed by atoms with Crippen LogP contribution in [0.4, 0.5) is 0 Å². The maximum absolute atomic E-state index is 13.2. The van der Waals surface area contributed by atoms with Crippen LogP contribution in [0.15, 0.2) is 29.1 Å². The Hall–Kier alpha value is -2.21. The molecule has 6 rings (SSSR count). The minimum absolute atomic E-state index is 0.101. The van der Waals surface area contributed by atoms with Gasteiger partial charge in [-0.1, -0.05) is 44.2 Å². The van der Waals surface area contributed by atoms with E-state index in [1.54, 1.807) is 4.57 Å². The summed E-state index contributed by atoms with van der Waals surface area (Å²) in [5.74, 6) is -1.23. The maximum atomic E-state index is 13.2. The van der Waals surface area contributed by atoms with Gasteiger partial charge in [-0.15, -0.1) is 0 Å². The number of carboxylic acids is 1. The van der Waals surface area contributed by atoms with Gasteiger partial charge in [0.05, 0.1) is 11.0 Å². The topological polar surface area (TPSA) is 75.4 Å². The number of likely N-dealkylation sites (tertiary alicyclic amines) is 1. The van der Waals surface area contributed by atoms with Crippen molar-refractivity contribution in [3.8, 4) is 0 Å². The van der Waals surface area contributed by atoms with Gasteiger partial charge in [0, 0.05) is 29.6 Å². The second-order valence-electron chi connectivity index (χ2n) is 9.81. The van der Waals surface area contributed by atoms with E-state index in [0.29, 0.717) is 23.6 Å². The molecule has 4 fully saturated rings. The highest BCUT2D eigenvalue weighted by molar-refractivity contribution is 5.88. The molecule has 0 amide bonds. The maximum Gasteiger partial charge on any atom is 0.360 e. The molecule has 6 heteroatoms. The number of hydrogen-bond donors (Lipinski definition) is 1. The first kappa shape index (κ1) is 18.6. The fourth-order valence-corrected chi connectivity index (χ4v) is 7.25. The van der Waals surface area contributed by atoms with E-state index in [1.165, 1.54) is 51.4 Å². The summed E-state index contributed by atoms with van der Waals surface area (Å²) in [7, 11) is 0. The van der Waals surface area contributed by atoms with E-state index >= 15 is 0 Å². The summed E-state index contributed by atoms with van der Waals surface area (Å²) in [4.78, 5) is 31.8. The van der Waals surface area contributed by atoms with Gasteiger partial charge in [0.25, 0.3) is 5.56 Å². The third kappa shape index (κ3) is 2.31. The van der Waals surface area contributed by atoms with Gasteiger partial charge >= 0.3 is 5.97 Å². The van der Waals surface area contributed by atoms with Crippen LogP contribution in [0.1, 0.15) is 80.7 Å². The third-order valence-corrected chi connectivity index (χ3v) is 8.68. The first-order valence-electron chi connectivity index (χ1n) is 11.6. The third-order valence-electron chi connectivity index (χ3n) is 8.68. The monoisotopic (exact) mass is 407 g/mol. The molecule has 3 saturated carbocycles. The van der Waals surface area contributed by atoms with Gasteiger partial charge < -0.3 is 9.67 Å². The van der Waals surface area contributed by atoms with Gasteiger partial charge in [-0.3, -0.25) is 9.69 Å². The highest BCUT2D eigenvalue weighted by atomic mass is 16.4. The van der Waals surface area contributed by atoms with Crippen molar-refractivity contribution in [2.75, 3.05) is 0 Å². The smallest absolute Gasteiger partial charge is 0.360 e. The van der Waals surface area contributed by atoms with Gasteiger partial charge in [-0.05, 0) is 44.2 Å². The number of rotatable bonds is 3. The van der Waals surface area contributed by atoms with Crippen molar-refractivity contribution in [3.05, 3.63) is 40.3 Å². The zero-order valence-corrected chi connectivity index (χ0v) is 17.3. The predicted octanol–water partition coefficient (Wildman–Crippen LogP) is 3.99. The van der Waals surface area contributed by atoms with Gasteiger partial charge in [-0.2, -0.15) is 0 Å². The van der Waals surface area contributed by atoms with Crippen molar-refractivity contribution in [1.29, 1.82) is 0 Å². The number of fused-ring (bicyclic) bond motifs is 1. The fourth-order valence-electron chi connectivity index (χ4n) is 7.25. The van der Waals surface area contributed by atoms with E-state index in [9.17, 15) is 14.7 Å². The van der Waals surface area contributed by atoms with Gasteiger partial charge in [0.15, 0.2) is 0 Å². The molecule has 0 radical (unpaired) electrons. The largest absolute Gasteiger partial charge is 0.476 e. The number of carbonyl (C=O) groups is 1. The van der Waals surface area contributed by atoms with Crippen molar-refractivity contribution in [3.63, 3.8) is 0 Å². The minimum atomic E-state index is -1.23. The summed E-state index contributed by atoms with van der Waals surface area (Å²) >= 11 is 0. The van der Waals surface area contributed by atoms with Crippen LogP contribution < -0.4 is 5.56 Å². The Labute approximate surface area is 175 Å². The summed E-state index contributed by atoms with van der Waals surface area (Å²) in [5.41, 5.74) is 0.767. The molecule has 1 aromatic carbocycles. The Morgan fingerprint density at radius 3 is 2.40 bits per heavy atom. The number of para-hydroxylation sites is 2. The first-order chi connectivity index (χ1) is 14.6. The molecule has 4 aliphatic rings. The summed E-state index contributed by atoms with van der Waals surface area (Å²) in [6, 6.07) is 9.43. The van der Waals surface area contributed by atoms with Crippen LogP contribution in [-0.2, 0) is 0 Å². The summed E-state index contributed by atoms with van der Waals surface area (Å²) < 4.78 is 1.80. The van der Waals surface area contributed by atoms with Crippen molar-refractivity contribution >= 4 is 17.0 Å². The molecular formula is C24H29N3O3. The van der Waals surface area contributed by atoms with Crippen LogP contribution in [0.2, 0.25) is 0 Å². The zero-order valence-electron chi connectivity index (χ0n) is 17.3. The number of hydrogen-bond acceptors (Lipinski definition) is 4. The van der Waals surface area contributed by atoms with Crippen LogP contribution >= 0.6 is 0 Å². The lowest BCUT2D eigenvalue weighted by atomic mass is 9.39. The first-order valence-corrected chi connectivity index (χ1v) is 11.6. The van der Waals surface area contributed by atoms with Crippen LogP contribution in [0.25, 0.3) is 11.0 Å². The summed E-state index contributed by atoms with van der Waals surface area (Å²) in [6.45, 7) is 0. The molecule has 4 atom stereocenters. The van der Waals surface area contributed by atoms with Crippen LogP contribution in [0.3, 0.4) is 0 Å². The molecule has 6 nitrogen and oxygen atoms in total. The van der Waals surface area contributed by atoms with Crippen molar-refractivity contribution in [2.45, 2.75) is 88.4 Å². The Kier molecular flexibility index (Phi) is 4.11. The van der Waals surface area contributed by atoms with Crippen LogP contribution in [-0.4, -0.2) is 43.7 Å². The number of aromatic nitrogens is 2. The fraction of sp³-hybridized carbons (Fsp3) is 0.625. The minimum Gasteiger partial charge on any atom is -0.476 e. The molecule has 1 spiro atoms. The van der Waals surface area contributed by atoms with Crippen molar-refractivity contribution in [2.24, 2.45) is 5.41 Å². The average molecular weight is 408 g/mol. The molecular weight excluding hydrogens is 378 g/mol. The second kappa shape index (κ2) is 6.64. The summed E-state index contributed by atoms with van der Waals surface area (Å²) in [5, 5.41) is 9.56. The number of piperidine rings is 2. The lowest BCUT2D eigenvalue weighted by Gasteiger charge is -2.81. The number of nitrogens with zero attached hydrogens (tertiary/aromatic N) is 3. The predicted molar refractivity (Wildman–Crippen MR) is 114 cm³/mol. The normalized spacial score (nSPS) is 33.9. The molecule has 2 aromatic rings. The van der Waals surface area contributed by atoms with Gasteiger partial charge in [-0.25, -0.2) is 9.78 Å². The SMILES string of the molecule is O=C(O)c1nc2ccccc2n([C@@H]2C[C@H]3N(C4CCCCCCC4)[C@@H]4CCC432)c1=O. The van der Waals surface area contributed by atoms with E-state index in [2.05, 4.69) is 9.88 Å². The van der Waals surface area contributed by atoms with E-state index in [1.807, 2.05) is 24.3 Å². The lowest BCUT2D eigenvalue weighted by Crippen LogP contribution is -2.86. The zero-order chi connectivity index (χ0) is 20.5. The van der Waals surface area contributed by atoms with E-state index in [0.717, 1.165) is 18.4 Å². The van der Waals surface area contributed by atoms with Crippen LogP contribution in [0.5, 0.6) is 0 Å². The highest BCUT2D eigenvalue weighted by Crippen LogP contribution is 2.73. The van der Waals surface area contributed by atoms with Crippen molar-refractivity contribution in [1.82, 2.24) is 14.5 Å². The van der Waals surface area contributed by atoms with Gasteiger partial charge in [0.1, 0.15) is 0 Å². The molecule has 1 N–H and O–H groups in total. The average Bonchev–Trinajstić information content (AvgIpc) is 2.66. The molecule has 1 saturated heterocycles. The molecule has 2 heterocycles. The Balaban J connectivity index is 1.36. The number of carboxylic acid groups (broad SMARTS) is 1. The quantitative estimate of drug-likeness (QED) is 0.833. The van der Waals surface area contributed by atoms with E-state index < -0.39 is 11.5 Å². The Morgan fingerprint density at radius 2 is 1.73 bits per heavy atom. The molecule has 1 aromatic heterocycles. The number of aromatic carboxylic acids is 1. The Morgan fingerprint density at radius 1 is 1.00 bits per heavy atom. The lowest BCUT2D eigenvalue weighted by molar-refractivity contribution is -0.308. The molecule has 30 heavy (non-hydrogen) atoms. The molecule has 0 bridgehead atoms. The van der Waals surface area contributed by atoms with E-state index in [-0.39, 0.29) is 17.2 Å². The molecule has 1 aliphatic heterocycles.